The van der Waals surface area contributed by atoms with Crippen molar-refractivity contribution in [1.82, 2.24) is 25.4 Å². The Hall–Kier alpha value is -1.59. The minimum Gasteiger partial charge on any atom is -0.335 e. The van der Waals surface area contributed by atoms with E-state index in [0.717, 1.165) is 17.7 Å². The van der Waals surface area contributed by atoms with E-state index in [-0.39, 0.29) is 18.0 Å². The number of urea groups is 1. The first-order chi connectivity index (χ1) is 11.5. The maximum Gasteiger partial charge on any atom is 0.315 e. The summed E-state index contributed by atoms with van der Waals surface area (Å²) in [4.78, 5) is 12.7. The lowest BCUT2D eigenvalue weighted by atomic mass is 9.54. The van der Waals surface area contributed by atoms with Gasteiger partial charge in [0.25, 0.3) is 0 Å². The Morgan fingerprint density at radius 3 is 2.29 bits per heavy atom. The molecule has 4 saturated carbocycles. The molecular weight excluding hydrogens is 302 g/mol. The van der Waals surface area contributed by atoms with E-state index in [2.05, 4.69) is 34.7 Å². The standard InChI is InChI=1S/C18H29N5O/c1-10(2)15(17-22-19-9-23(17)3)20-18(24)21-16-13-5-11-4-12(7-13)8-14(16)6-11/h9-16H,4-8H2,1-3H3,(H2,20,21,24). The largest absolute Gasteiger partial charge is 0.335 e. The van der Waals surface area contributed by atoms with Crippen molar-refractivity contribution in [2.24, 2.45) is 36.6 Å². The Kier molecular flexibility index (Phi) is 4.01. The molecule has 4 fully saturated rings. The summed E-state index contributed by atoms with van der Waals surface area (Å²) in [5.74, 6) is 4.31. The van der Waals surface area contributed by atoms with Crippen molar-refractivity contribution in [1.29, 1.82) is 0 Å². The third-order valence-electron chi connectivity index (χ3n) is 6.50. The average Bonchev–Trinajstić information content (AvgIpc) is 2.93. The molecule has 0 radical (unpaired) electrons. The Morgan fingerprint density at radius 2 is 1.79 bits per heavy atom. The lowest BCUT2D eigenvalue weighted by Gasteiger charge is -2.54. The summed E-state index contributed by atoms with van der Waals surface area (Å²) in [5.41, 5.74) is 0. The topological polar surface area (TPSA) is 71.8 Å². The van der Waals surface area contributed by atoms with Gasteiger partial charge in [-0.3, -0.25) is 0 Å². The lowest BCUT2D eigenvalue weighted by Crippen LogP contribution is -2.57. The molecule has 6 heteroatoms. The van der Waals surface area contributed by atoms with Crippen molar-refractivity contribution < 1.29 is 4.79 Å². The molecule has 1 aromatic heterocycles. The molecule has 132 valence electrons. The van der Waals surface area contributed by atoms with Crippen molar-refractivity contribution in [2.75, 3.05) is 0 Å². The van der Waals surface area contributed by atoms with Crippen LogP contribution in [0.25, 0.3) is 0 Å². The molecule has 0 aromatic carbocycles. The molecule has 0 saturated heterocycles. The predicted octanol–water partition coefficient (Wildman–Crippen LogP) is 2.64. The van der Waals surface area contributed by atoms with Crippen molar-refractivity contribution >= 4 is 6.03 Å². The van der Waals surface area contributed by atoms with Crippen LogP contribution < -0.4 is 10.6 Å². The minimum atomic E-state index is -0.116. The Balaban J connectivity index is 1.42. The average molecular weight is 331 g/mol. The molecule has 4 aliphatic carbocycles. The highest BCUT2D eigenvalue weighted by molar-refractivity contribution is 5.74. The van der Waals surface area contributed by atoms with E-state index in [4.69, 9.17) is 0 Å². The molecule has 1 unspecified atom stereocenters. The summed E-state index contributed by atoms with van der Waals surface area (Å²) in [6, 6.07) is 0.202. The van der Waals surface area contributed by atoms with Crippen LogP contribution in [0.4, 0.5) is 4.79 Å². The number of carbonyl (C=O) groups excluding carboxylic acids is 1. The number of carbonyl (C=O) groups is 1. The molecule has 2 N–H and O–H groups in total. The van der Waals surface area contributed by atoms with Crippen LogP contribution in [-0.4, -0.2) is 26.8 Å². The monoisotopic (exact) mass is 331 g/mol. The van der Waals surface area contributed by atoms with Gasteiger partial charge in [-0.25, -0.2) is 4.79 Å². The van der Waals surface area contributed by atoms with E-state index in [9.17, 15) is 4.79 Å². The summed E-state index contributed by atoms with van der Waals surface area (Å²) < 4.78 is 1.88. The number of nitrogens with one attached hydrogen (secondary N) is 2. The Labute approximate surface area is 143 Å². The molecule has 6 nitrogen and oxygen atoms in total. The van der Waals surface area contributed by atoms with E-state index in [1.807, 2.05) is 11.6 Å². The second-order valence-corrected chi connectivity index (χ2v) is 8.60. The normalized spacial score (nSPS) is 35.2. The van der Waals surface area contributed by atoms with Gasteiger partial charge in [0.05, 0.1) is 6.04 Å². The van der Waals surface area contributed by atoms with Gasteiger partial charge >= 0.3 is 6.03 Å². The van der Waals surface area contributed by atoms with Crippen molar-refractivity contribution in [2.45, 2.75) is 58.0 Å². The van der Waals surface area contributed by atoms with E-state index < -0.39 is 0 Å². The SMILES string of the molecule is CC(C)C(NC(=O)NC1C2CC3CC(C2)CC1C3)c1nncn1C. The van der Waals surface area contributed by atoms with Crippen molar-refractivity contribution in [3.63, 3.8) is 0 Å². The molecule has 0 aliphatic heterocycles. The summed E-state index contributed by atoms with van der Waals surface area (Å²) >= 11 is 0. The highest BCUT2D eigenvalue weighted by Gasteiger charge is 2.48. The number of aromatic nitrogens is 3. The van der Waals surface area contributed by atoms with E-state index in [0.29, 0.717) is 17.9 Å². The van der Waals surface area contributed by atoms with Crippen LogP contribution in [0.3, 0.4) is 0 Å². The van der Waals surface area contributed by atoms with Gasteiger partial charge in [-0.15, -0.1) is 10.2 Å². The van der Waals surface area contributed by atoms with Crippen LogP contribution in [0.15, 0.2) is 6.33 Å². The van der Waals surface area contributed by atoms with Gasteiger partial charge in [0.2, 0.25) is 0 Å². The Morgan fingerprint density at radius 1 is 1.17 bits per heavy atom. The molecule has 0 spiro atoms. The van der Waals surface area contributed by atoms with Crippen LogP contribution in [0.5, 0.6) is 0 Å². The molecule has 24 heavy (non-hydrogen) atoms. The van der Waals surface area contributed by atoms with Crippen LogP contribution in [0, 0.1) is 29.6 Å². The number of rotatable bonds is 4. The second-order valence-electron chi connectivity index (χ2n) is 8.60. The number of hydrogen-bond acceptors (Lipinski definition) is 3. The molecule has 5 rings (SSSR count). The van der Waals surface area contributed by atoms with Gasteiger partial charge in [-0.05, 0) is 61.7 Å². The molecule has 1 aromatic rings. The van der Waals surface area contributed by atoms with Gasteiger partial charge in [-0.1, -0.05) is 13.8 Å². The summed E-state index contributed by atoms with van der Waals surface area (Å²) in [5, 5.41) is 14.6. The summed E-state index contributed by atoms with van der Waals surface area (Å²) in [6.07, 6.45) is 8.38. The Bertz CT molecular complexity index is 582. The highest BCUT2D eigenvalue weighted by atomic mass is 16.2. The molecular formula is C18H29N5O. The zero-order chi connectivity index (χ0) is 16.8. The summed E-state index contributed by atoms with van der Waals surface area (Å²) in [6.45, 7) is 4.20. The fourth-order valence-corrected chi connectivity index (χ4v) is 5.60. The smallest absolute Gasteiger partial charge is 0.315 e. The maximum absolute atomic E-state index is 12.7. The predicted molar refractivity (Wildman–Crippen MR) is 91.1 cm³/mol. The minimum absolute atomic E-state index is 0.0471. The number of hydrogen-bond donors (Lipinski definition) is 2. The third-order valence-corrected chi connectivity index (χ3v) is 6.50. The first kappa shape index (κ1) is 15.9. The van der Waals surface area contributed by atoms with Crippen LogP contribution >= 0.6 is 0 Å². The van der Waals surface area contributed by atoms with Gasteiger partial charge in [0.1, 0.15) is 6.33 Å². The number of aryl methyl sites for hydroxylation is 1. The fourth-order valence-electron chi connectivity index (χ4n) is 5.60. The third kappa shape index (κ3) is 2.80. The van der Waals surface area contributed by atoms with Crippen molar-refractivity contribution in [3.05, 3.63) is 12.2 Å². The van der Waals surface area contributed by atoms with E-state index in [1.165, 1.54) is 32.1 Å². The number of nitrogens with zero attached hydrogens (tertiary/aromatic N) is 3. The quantitative estimate of drug-likeness (QED) is 0.891. The first-order valence-electron chi connectivity index (χ1n) is 9.42. The fraction of sp³-hybridized carbons (Fsp3) is 0.833. The van der Waals surface area contributed by atoms with Gasteiger partial charge in [0, 0.05) is 13.1 Å². The van der Waals surface area contributed by atoms with Crippen LogP contribution in [0.2, 0.25) is 0 Å². The van der Waals surface area contributed by atoms with Crippen LogP contribution in [0.1, 0.15) is 57.8 Å². The van der Waals surface area contributed by atoms with Gasteiger partial charge < -0.3 is 15.2 Å². The van der Waals surface area contributed by atoms with E-state index >= 15 is 0 Å². The van der Waals surface area contributed by atoms with E-state index in [1.54, 1.807) is 6.33 Å². The maximum atomic E-state index is 12.7. The molecule has 1 atom stereocenters. The molecule has 4 bridgehead atoms. The second kappa shape index (κ2) is 6.05. The molecule has 4 aliphatic rings. The zero-order valence-electron chi connectivity index (χ0n) is 14.9. The van der Waals surface area contributed by atoms with Gasteiger partial charge in [-0.2, -0.15) is 0 Å². The number of amides is 2. The van der Waals surface area contributed by atoms with Gasteiger partial charge in [0.15, 0.2) is 5.82 Å². The van der Waals surface area contributed by atoms with Crippen LogP contribution in [-0.2, 0) is 7.05 Å². The van der Waals surface area contributed by atoms with Crippen molar-refractivity contribution in [3.8, 4) is 0 Å². The molecule has 2 amide bonds. The summed E-state index contributed by atoms with van der Waals surface area (Å²) in [7, 11) is 1.92. The zero-order valence-corrected chi connectivity index (χ0v) is 14.9. The molecule has 1 heterocycles. The lowest BCUT2D eigenvalue weighted by molar-refractivity contribution is -0.00959. The first-order valence-corrected chi connectivity index (χ1v) is 9.42. The highest BCUT2D eigenvalue weighted by Crippen LogP contribution is 2.53.